The van der Waals surface area contributed by atoms with Gasteiger partial charge in [0.15, 0.2) is 0 Å². The van der Waals surface area contributed by atoms with Crippen molar-refractivity contribution in [2.45, 2.75) is 39.2 Å². The molecule has 1 unspecified atom stereocenters. The highest BCUT2D eigenvalue weighted by Gasteiger charge is 2.24. The zero-order chi connectivity index (χ0) is 12.3. The molecule has 3 heteroatoms. The van der Waals surface area contributed by atoms with E-state index in [0.717, 1.165) is 16.7 Å². The summed E-state index contributed by atoms with van der Waals surface area (Å²) in [4.78, 5) is 10.5. The minimum Gasteiger partial charge on any atom is -0.481 e. The molecule has 1 aromatic carbocycles. The molecule has 88 valence electrons. The predicted molar refractivity (Wildman–Crippen MR) is 62.4 cm³/mol. The summed E-state index contributed by atoms with van der Waals surface area (Å²) >= 11 is 0. The fraction of sp³-hybridized carbons (Fsp3) is 0.462. The van der Waals surface area contributed by atoms with E-state index in [1.165, 1.54) is 0 Å². The summed E-state index contributed by atoms with van der Waals surface area (Å²) in [5.74, 6) is -0.885. The van der Waals surface area contributed by atoms with E-state index in [9.17, 15) is 9.90 Å². The van der Waals surface area contributed by atoms with Crippen LogP contribution in [0.3, 0.4) is 0 Å². The van der Waals surface area contributed by atoms with Gasteiger partial charge in [-0.15, -0.1) is 0 Å². The maximum absolute atomic E-state index is 10.5. The standard InChI is InChI=1S/C13H18O3/c1-9-4-5-11(8-10(9)2)13(3,16)7-6-12(14)15/h4-5,8,16H,6-7H2,1-3H3,(H,14,15). The third-order valence-electron chi connectivity index (χ3n) is 2.95. The van der Waals surface area contributed by atoms with Gasteiger partial charge in [0.1, 0.15) is 0 Å². The number of aliphatic carboxylic acids is 1. The molecule has 0 aliphatic heterocycles. The Morgan fingerprint density at radius 1 is 1.31 bits per heavy atom. The second-order valence-corrected chi connectivity index (χ2v) is 4.47. The summed E-state index contributed by atoms with van der Waals surface area (Å²) in [6.45, 7) is 5.64. The molecule has 0 heterocycles. The fourth-order valence-electron chi connectivity index (χ4n) is 1.57. The van der Waals surface area contributed by atoms with Crippen LogP contribution in [0.4, 0.5) is 0 Å². The second kappa shape index (κ2) is 4.66. The van der Waals surface area contributed by atoms with Gasteiger partial charge in [0.2, 0.25) is 0 Å². The number of aryl methyl sites for hydroxylation is 2. The van der Waals surface area contributed by atoms with Crippen molar-refractivity contribution < 1.29 is 15.0 Å². The molecular formula is C13H18O3. The molecule has 0 aliphatic rings. The number of carboxylic acids is 1. The minimum absolute atomic E-state index is 0.0279. The van der Waals surface area contributed by atoms with Crippen LogP contribution in [0.2, 0.25) is 0 Å². The van der Waals surface area contributed by atoms with Crippen molar-refractivity contribution in [2.75, 3.05) is 0 Å². The van der Waals surface area contributed by atoms with Crippen LogP contribution >= 0.6 is 0 Å². The average Bonchev–Trinajstić information content (AvgIpc) is 2.19. The van der Waals surface area contributed by atoms with Gasteiger partial charge in [-0.1, -0.05) is 18.2 Å². The van der Waals surface area contributed by atoms with Crippen molar-refractivity contribution >= 4 is 5.97 Å². The van der Waals surface area contributed by atoms with Crippen molar-refractivity contribution in [1.29, 1.82) is 0 Å². The number of carbonyl (C=O) groups is 1. The topological polar surface area (TPSA) is 57.5 Å². The molecule has 3 nitrogen and oxygen atoms in total. The Morgan fingerprint density at radius 3 is 2.44 bits per heavy atom. The number of rotatable bonds is 4. The van der Waals surface area contributed by atoms with E-state index < -0.39 is 11.6 Å². The maximum atomic E-state index is 10.5. The lowest BCUT2D eigenvalue weighted by atomic mass is 9.89. The molecule has 0 amide bonds. The number of aliphatic hydroxyl groups is 1. The van der Waals surface area contributed by atoms with Crippen LogP contribution in [0.5, 0.6) is 0 Å². The van der Waals surface area contributed by atoms with Gasteiger partial charge in [0.25, 0.3) is 0 Å². The highest BCUT2D eigenvalue weighted by atomic mass is 16.4. The van der Waals surface area contributed by atoms with Crippen LogP contribution in [0.25, 0.3) is 0 Å². The van der Waals surface area contributed by atoms with Gasteiger partial charge >= 0.3 is 5.97 Å². The third-order valence-corrected chi connectivity index (χ3v) is 2.95. The van der Waals surface area contributed by atoms with Gasteiger partial charge in [0.05, 0.1) is 5.60 Å². The Balaban J connectivity index is 2.88. The van der Waals surface area contributed by atoms with Crippen LogP contribution in [0, 0.1) is 13.8 Å². The average molecular weight is 222 g/mol. The molecule has 1 rings (SSSR count). The fourth-order valence-corrected chi connectivity index (χ4v) is 1.57. The van der Waals surface area contributed by atoms with E-state index in [4.69, 9.17) is 5.11 Å². The van der Waals surface area contributed by atoms with Crippen LogP contribution < -0.4 is 0 Å². The Hall–Kier alpha value is -1.35. The SMILES string of the molecule is Cc1ccc(C(C)(O)CCC(=O)O)cc1C. The van der Waals surface area contributed by atoms with Crippen LogP contribution in [0.1, 0.15) is 36.5 Å². The molecule has 1 atom stereocenters. The molecule has 16 heavy (non-hydrogen) atoms. The molecule has 0 spiro atoms. The summed E-state index contributed by atoms with van der Waals surface area (Å²) in [6, 6.07) is 5.71. The summed E-state index contributed by atoms with van der Waals surface area (Å²) in [5, 5.41) is 18.8. The van der Waals surface area contributed by atoms with Gasteiger partial charge in [0, 0.05) is 6.42 Å². The summed E-state index contributed by atoms with van der Waals surface area (Å²) < 4.78 is 0. The molecule has 0 fully saturated rings. The first-order valence-corrected chi connectivity index (χ1v) is 5.35. The van der Waals surface area contributed by atoms with Gasteiger partial charge < -0.3 is 10.2 Å². The summed E-state index contributed by atoms with van der Waals surface area (Å²) in [6.07, 6.45) is 0.199. The molecule has 0 bridgehead atoms. The summed E-state index contributed by atoms with van der Waals surface area (Å²) in [5.41, 5.74) is 1.97. The Morgan fingerprint density at radius 2 is 1.94 bits per heavy atom. The minimum atomic E-state index is -1.07. The van der Waals surface area contributed by atoms with E-state index in [0.29, 0.717) is 0 Å². The van der Waals surface area contributed by atoms with Crippen molar-refractivity contribution in [3.63, 3.8) is 0 Å². The largest absolute Gasteiger partial charge is 0.481 e. The molecule has 2 N–H and O–H groups in total. The lowest BCUT2D eigenvalue weighted by molar-refractivity contribution is -0.138. The van der Waals surface area contributed by atoms with Crippen molar-refractivity contribution in [2.24, 2.45) is 0 Å². The molecule has 0 aliphatic carbocycles. The molecule has 0 saturated carbocycles. The number of benzene rings is 1. The van der Waals surface area contributed by atoms with E-state index in [-0.39, 0.29) is 12.8 Å². The van der Waals surface area contributed by atoms with Gasteiger partial charge in [-0.25, -0.2) is 0 Å². The smallest absolute Gasteiger partial charge is 0.303 e. The molecule has 0 saturated heterocycles. The van der Waals surface area contributed by atoms with E-state index in [1.807, 2.05) is 32.0 Å². The molecule has 1 aromatic rings. The normalized spacial score (nSPS) is 14.5. The quantitative estimate of drug-likeness (QED) is 0.822. The first-order chi connectivity index (χ1) is 7.33. The van der Waals surface area contributed by atoms with Crippen LogP contribution in [-0.4, -0.2) is 16.2 Å². The lowest BCUT2D eigenvalue weighted by Crippen LogP contribution is -2.22. The van der Waals surface area contributed by atoms with E-state index in [1.54, 1.807) is 6.92 Å². The van der Waals surface area contributed by atoms with E-state index in [2.05, 4.69) is 0 Å². The van der Waals surface area contributed by atoms with Crippen molar-refractivity contribution in [3.8, 4) is 0 Å². The van der Waals surface area contributed by atoms with Crippen LogP contribution in [0.15, 0.2) is 18.2 Å². The van der Waals surface area contributed by atoms with Crippen molar-refractivity contribution in [3.05, 3.63) is 34.9 Å². The lowest BCUT2D eigenvalue weighted by Gasteiger charge is -2.23. The number of carboxylic acid groups (broad SMARTS) is 1. The van der Waals surface area contributed by atoms with Gasteiger partial charge in [-0.05, 0) is 43.9 Å². The van der Waals surface area contributed by atoms with Gasteiger partial charge in [-0.2, -0.15) is 0 Å². The highest BCUT2D eigenvalue weighted by molar-refractivity contribution is 5.66. The number of hydrogen-bond donors (Lipinski definition) is 2. The Kier molecular flexibility index (Phi) is 3.70. The molecule has 0 aromatic heterocycles. The third kappa shape index (κ3) is 3.07. The van der Waals surface area contributed by atoms with E-state index >= 15 is 0 Å². The zero-order valence-corrected chi connectivity index (χ0v) is 9.95. The second-order valence-electron chi connectivity index (χ2n) is 4.47. The van der Waals surface area contributed by atoms with Gasteiger partial charge in [-0.3, -0.25) is 4.79 Å². The summed E-state index contributed by atoms with van der Waals surface area (Å²) in [7, 11) is 0. The maximum Gasteiger partial charge on any atom is 0.303 e. The van der Waals surface area contributed by atoms with Crippen LogP contribution in [-0.2, 0) is 10.4 Å². The first-order valence-electron chi connectivity index (χ1n) is 5.35. The first kappa shape index (κ1) is 12.7. The Labute approximate surface area is 95.7 Å². The number of hydrogen-bond acceptors (Lipinski definition) is 2. The molecular weight excluding hydrogens is 204 g/mol. The molecule has 0 radical (unpaired) electrons. The monoisotopic (exact) mass is 222 g/mol. The highest BCUT2D eigenvalue weighted by Crippen LogP contribution is 2.27. The zero-order valence-electron chi connectivity index (χ0n) is 9.95. The Bertz CT molecular complexity index is 394. The van der Waals surface area contributed by atoms with Crippen molar-refractivity contribution in [1.82, 2.24) is 0 Å². The predicted octanol–water partition coefficient (Wildman–Crippen LogP) is 2.38.